The number of benzene rings is 2. The second kappa shape index (κ2) is 11.4. The molecular weight excluding hydrogens is 469 g/mol. The molecule has 170 valence electrons. The number of rotatable bonds is 11. The Labute approximate surface area is 198 Å². The van der Waals surface area contributed by atoms with Gasteiger partial charge in [-0.15, -0.1) is 0 Å². The Morgan fingerprint density at radius 2 is 1.53 bits per heavy atom. The van der Waals surface area contributed by atoms with Crippen molar-refractivity contribution in [1.82, 2.24) is 4.98 Å². The molecular formula is C22H25Cl2N5O2S. The maximum Gasteiger partial charge on any atom is 0.264 e. The molecule has 2 aromatic carbocycles. The molecule has 4 N–H and O–H groups in total. The van der Waals surface area contributed by atoms with Crippen molar-refractivity contribution in [3.8, 4) is 0 Å². The highest BCUT2D eigenvalue weighted by molar-refractivity contribution is 7.92. The van der Waals surface area contributed by atoms with Crippen LogP contribution in [0.4, 0.5) is 17.2 Å². The van der Waals surface area contributed by atoms with Crippen molar-refractivity contribution in [2.24, 2.45) is 5.73 Å². The fourth-order valence-corrected chi connectivity index (χ4v) is 4.79. The van der Waals surface area contributed by atoms with E-state index in [9.17, 15) is 8.42 Å². The molecule has 10 heteroatoms. The van der Waals surface area contributed by atoms with Crippen LogP contribution in [0.15, 0.2) is 71.8 Å². The minimum Gasteiger partial charge on any atom is -0.383 e. The van der Waals surface area contributed by atoms with Crippen LogP contribution in [0.5, 0.6) is 0 Å². The first-order valence-corrected chi connectivity index (χ1v) is 12.3. The third kappa shape index (κ3) is 6.26. The van der Waals surface area contributed by atoms with Gasteiger partial charge in [0.15, 0.2) is 5.82 Å². The monoisotopic (exact) mass is 493 g/mol. The second-order valence-corrected chi connectivity index (χ2v) is 9.64. The number of pyridine rings is 1. The van der Waals surface area contributed by atoms with E-state index in [4.69, 9.17) is 28.9 Å². The lowest BCUT2D eigenvalue weighted by Gasteiger charge is -2.26. The molecule has 0 spiro atoms. The molecule has 0 atom stereocenters. The molecule has 0 radical (unpaired) electrons. The fourth-order valence-electron chi connectivity index (χ4n) is 3.03. The summed E-state index contributed by atoms with van der Waals surface area (Å²) in [5.74, 6) is 0.472. The van der Waals surface area contributed by atoms with Crippen LogP contribution >= 0.6 is 23.2 Å². The van der Waals surface area contributed by atoms with Crippen molar-refractivity contribution in [3.63, 3.8) is 0 Å². The van der Waals surface area contributed by atoms with Crippen LogP contribution < -0.4 is 20.7 Å². The summed E-state index contributed by atoms with van der Waals surface area (Å²) in [4.78, 5) is 4.52. The van der Waals surface area contributed by atoms with Gasteiger partial charge < -0.3 is 16.4 Å². The first-order valence-electron chi connectivity index (χ1n) is 10.1. The Balaban J connectivity index is 1.78. The van der Waals surface area contributed by atoms with Crippen LogP contribution in [0.2, 0.25) is 10.0 Å². The van der Waals surface area contributed by atoms with E-state index in [1.165, 1.54) is 16.4 Å². The van der Waals surface area contributed by atoms with Gasteiger partial charge in [-0.25, -0.2) is 13.4 Å². The highest BCUT2D eigenvalue weighted by Crippen LogP contribution is 2.29. The molecule has 0 saturated carbocycles. The number of sulfonamides is 1. The van der Waals surface area contributed by atoms with Crippen LogP contribution in [0, 0.1) is 0 Å². The van der Waals surface area contributed by atoms with Gasteiger partial charge in [-0.2, -0.15) is 0 Å². The third-order valence-electron chi connectivity index (χ3n) is 4.61. The van der Waals surface area contributed by atoms with Gasteiger partial charge in [0.1, 0.15) is 0 Å². The lowest BCUT2D eigenvalue weighted by Crippen LogP contribution is -2.34. The SMILES string of the molecule is NCCCN(c1cccnc1NCCNc1ccc(Cl)cc1)S(=O)(=O)c1ccc(Cl)cc1. The standard InChI is InChI=1S/C22H25Cl2N5O2S/c23-17-4-8-19(9-5-17)26-14-15-28-22-21(3-1-13-27-22)29(16-2-12-25)32(30,31)20-10-6-18(24)7-11-20/h1,3-11,13,26H,2,12,14-16,25H2,(H,27,28). The van der Waals surface area contributed by atoms with Crippen LogP contribution in [-0.2, 0) is 10.0 Å². The molecule has 0 aliphatic rings. The Morgan fingerprint density at radius 3 is 2.19 bits per heavy atom. The lowest BCUT2D eigenvalue weighted by atomic mass is 10.3. The first-order chi connectivity index (χ1) is 15.4. The number of halogens is 2. The highest BCUT2D eigenvalue weighted by Gasteiger charge is 2.27. The van der Waals surface area contributed by atoms with Crippen LogP contribution in [-0.4, -0.2) is 39.6 Å². The van der Waals surface area contributed by atoms with Gasteiger partial charge in [0, 0.05) is 41.6 Å². The molecule has 0 saturated heterocycles. The van der Waals surface area contributed by atoms with E-state index in [0.29, 0.717) is 47.6 Å². The van der Waals surface area contributed by atoms with Crippen LogP contribution in [0.3, 0.4) is 0 Å². The molecule has 0 aliphatic carbocycles. The zero-order valence-electron chi connectivity index (χ0n) is 17.3. The highest BCUT2D eigenvalue weighted by atomic mass is 35.5. The van der Waals surface area contributed by atoms with Gasteiger partial charge in [-0.05, 0) is 73.6 Å². The summed E-state index contributed by atoms with van der Waals surface area (Å²) >= 11 is 11.8. The molecule has 7 nitrogen and oxygen atoms in total. The van der Waals surface area contributed by atoms with E-state index >= 15 is 0 Å². The smallest absolute Gasteiger partial charge is 0.264 e. The van der Waals surface area contributed by atoms with Crippen molar-refractivity contribution in [3.05, 3.63) is 76.9 Å². The molecule has 0 aliphatic heterocycles. The molecule has 0 unspecified atom stereocenters. The number of hydrogen-bond donors (Lipinski definition) is 3. The second-order valence-electron chi connectivity index (χ2n) is 6.90. The number of nitrogens with zero attached hydrogens (tertiary/aromatic N) is 2. The maximum atomic E-state index is 13.4. The lowest BCUT2D eigenvalue weighted by molar-refractivity contribution is 0.589. The average Bonchev–Trinajstić information content (AvgIpc) is 2.79. The number of aromatic nitrogens is 1. The van der Waals surface area contributed by atoms with E-state index in [-0.39, 0.29) is 11.4 Å². The minimum absolute atomic E-state index is 0.151. The van der Waals surface area contributed by atoms with Gasteiger partial charge in [0.2, 0.25) is 0 Å². The third-order valence-corrected chi connectivity index (χ3v) is 6.94. The van der Waals surface area contributed by atoms with Crippen molar-refractivity contribution in [1.29, 1.82) is 0 Å². The zero-order valence-corrected chi connectivity index (χ0v) is 19.7. The molecule has 3 rings (SSSR count). The van der Waals surface area contributed by atoms with Gasteiger partial charge in [0.25, 0.3) is 10.0 Å². The minimum atomic E-state index is -3.83. The Bertz CT molecular complexity index is 1110. The quantitative estimate of drug-likeness (QED) is 0.341. The predicted molar refractivity (Wildman–Crippen MR) is 132 cm³/mol. The van der Waals surface area contributed by atoms with Crippen molar-refractivity contribution in [2.75, 3.05) is 41.1 Å². The fraction of sp³-hybridized carbons (Fsp3) is 0.227. The van der Waals surface area contributed by atoms with Crippen LogP contribution in [0.25, 0.3) is 0 Å². The Morgan fingerprint density at radius 1 is 0.906 bits per heavy atom. The summed E-state index contributed by atoms with van der Waals surface area (Å²) in [5.41, 5.74) is 7.07. The summed E-state index contributed by atoms with van der Waals surface area (Å²) in [5, 5.41) is 7.64. The van der Waals surface area contributed by atoms with Crippen molar-refractivity contribution in [2.45, 2.75) is 11.3 Å². The van der Waals surface area contributed by atoms with Gasteiger partial charge in [-0.1, -0.05) is 23.2 Å². The maximum absolute atomic E-state index is 13.4. The number of nitrogens with one attached hydrogen (secondary N) is 2. The number of nitrogens with two attached hydrogens (primary N) is 1. The predicted octanol–water partition coefficient (Wildman–Crippen LogP) is 4.46. The van der Waals surface area contributed by atoms with E-state index in [1.807, 2.05) is 24.3 Å². The zero-order chi connectivity index (χ0) is 23.0. The van der Waals surface area contributed by atoms with E-state index in [2.05, 4.69) is 15.6 Å². The summed E-state index contributed by atoms with van der Waals surface area (Å²) in [7, 11) is -3.83. The van der Waals surface area contributed by atoms with Gasteiger partial charge in [-0.3, -0.25) is 4.31 Å². The summed E-state index contributed by atoms with van der Waals surface area (Å²) in [6.07, 6.45) is 2.12. The van der Waals surface area contributed by atoms with Gasteiger partial charge in [0.05, 0.1) is 10.6 Å². The molecule has 3 aromatic rings. The molecule has 1 heterocycles. The molecule has 1 aromatic heterocycles. The molecule has 0 fully saturated rings. The summed E-state index contributed by atoms with van der Waals surface area (Å²) in [6.45, 7) is 1.72. The molecule has 32 heavy (non-hydrogen) atoms. The van der Waals surface area contributed by atoms with Crippen molar-refractivity contribution < 1.29 is 8.42 Å². The Hall–Kier alpha value is -2.52. The van der Waals surface area contributed by atoms with Gasteiger partial charge >= 0.3 is 0 Å². The number of hydrogen-bond acceptors (Lipinski definition) is 6. The van der Waals surface area contributed by atoms with E-state index < -0.39 is 10.0 Å². The first kappa shape index (κ1) is 24.1. The summed E-state index contributed by atoms with van der Waals surface area (Å²) < 4.78 is 28.2. The number of anilines is 3. The van der Waals surface area contributed by atoms with E-state index in [0.717, 1.165) is 5.69 Å². The average molecular weight is 494 g/mol. The normalized spacial score (nSPS) is 11.2. The largest absolute Gasteiger partial charge is 0.383 e. The van der Waals surface area contributed by atoms with Crippen LogP contribution in [0.1, 0.15) is 6.42 Å². The summed E-state index contributed by atoms with van der Waals surface area (Å²) in [6, 6.07) is 16.9. The van der Waals surface area contributed by atoms with E-state index in [1.54, 1.807) is 30.5 Å². The van der Waals surface area contributed by atoms with Crippen molar-refractivity contribution >= 4 is 50.4 Å². The molecule has 0 bridgehead atoms. The topological polar surface area (TPSA) is 100 Å². The Kier molecular flexibility index (Phi) is 8.58. The molecule has 0 amide bonds.